The molecule has 0 radical (unpaired) electrons. The summed E-state index contributed by atoms with van der Waals surface area (Å²) in [7, 11) is 1.58. The number of carbonyl (C=O) groups is 1. The van der Waals surface area contributed by atoms with Crippen LogP contribution in [0.2, 0.25) is 0 Å². The second-order valence-electron chi connectivity index (χ2n) is 8.25. The summed E-state index contributed by atoms with van der Waals surface area (Å²) in [6, 6.07) is 9.00. The lowest BCUT2D eigenvalue weighted by Crippen LogP contribution is -2.34. The van der Waals surface area contributed by atoms with Gasteiger partial charge in [-0.05, 0) is 35.6 Å². The largest absolute Gasteiger partial charge is 0.497 e. The monoisotopic (exact) mass is 424 g/mol. The van der Waals surface area contributed by atoms with Gasteiger partial charge in [-0.1, -0.05) is 39.8 Å². The van der Waals surface area contributed by atoms with Crippen molar-refractivity contribution in [2.24, 2.45) is 5.92 Å². The van der Waals surface area contributed by atoms with Crippen LogP contribution in [0.15, 0.2) is 39.9 Å². The summed E-state index contributed by atoms with van der Waals surface area (Å²) in [5.41, 5.74) is 0.800. The predicted molar refractivity (Wildman–Crippen MR) is 120 cm³/mol. The minimum absolute atomic E-state index is 0.0104. The van der Waals surface area contributed by atoms with Gasteiger partial charge in [-0.2, -0.15) is 0 Å². The minimum Gasteiger partial charge on any atom is -0.497 e. The van der Waals surface area contributed by atoms with Crippen LogP contribution in [0.1, 0.15) is 55.2 Å². The smallest absolute Gasteiger partial charge is 0.330 e. The molecule has 0 fully saturated rings. The normalized spacial score (nSPS) is 11.3. The fourth-order valence-corrected chi connectivity index (χ4v) is 3.36. The molecule has 8 nitrogen and oxygen atoms in total. The number of pyridine rings is 1. The lowest BCUT2D eigenvalue weighted by Gasteiger charge is -2.16. The van der Waals surface area contributed by atoms with E-state index >= 15 is 0 Å². The number of nitrogens with zero attached hydrogens (tertiary/aromatic N) is 2. The Kier molecular flexibility index (Phi) is 6.58. The van der Waals surface area contributed by atoms with Crippen molar-refractivity contribution in [3.05, 3.63) is 68.0 Å². The molecule has 3 aromatic rings. The average Bonchev–Trinajstić information content (AvgIpc) is 2.73. The molecule has 3 rings (SSSR count). The van der Waals surface area contributed by atoms with Gasteiger partial charge in [0.2, 0.25) is 0 Å². The van der Waals surface area contributed by atoms with Crippen LogP contribution in [-0.2, 0) is 13.1 Å². The number of benzene rings is 1. The number of carbonyl (C=O) groups excluding carboxylic acids is 1. The molecule has 0 unspecified atom stereocenters. The number of amides is 1. The van der Waals surface area contributed by atoms with Crippen molar-refractivity contribution in [2.75, 3.05) is 7.11 Å². The molecule has 1 amide bonds. The summed E-state index contributed by atoms with van der Waals surface area (Å²) in [6.07, 6.45) is 0. The van der Waals surface area contributed by atoms with E-state index in [9.17, 15) is 14.4 Å². The first kappa shape index (κ1) is 22.3. The summed E-state index contributed by atoms with van der Waals surface area (Å²) in [5.74, 6) is 0.451. The number of methoxy groups -OCH3 is 1. The van der Waals surface area contributed by atoms with Crippen LogP contribution < -0.4 is 21.3 Å². The molecule has 0 aliphatic rings. The van der Waals surface area contributed by atoms with Gasteiger partial charge in [0.15, 0.2) is 5.65 Å². The Morgan fingerprint density at radius 2 is 1.94 bits per heavy atom. The SMILES string of the molecule is COc1cccc(CNC(=O)c2cc(C(C)C)nc3c2c(=O)[nH]c(=O)n3CC(C)C)c1. The highest BCUT2D eigenvalue weighted by Gasteiger charge is 2.20. The van der Waals surface area contributed by atoms with E-state index in [0.29, 0.717) is 18.0 Å². The van der Waals surface area contributed by atoms with Crippen LogP contribution in [0.25, 0.3) is 11.0 Å². The Bertz CT molecular complexity index is 1220. The molecule has 8 heteroatoms. The van der Waals surface area contributed by atoms with Crippen LogP contribution in [-0.4, -0.2) is 27.6 Å². The van der Waals surface area contributed by atoms with Crippen LogP contribution >= 0.6 is 0 Å². The van der Waals surface area contributed by atoms with E-state index in [1.165, 1.54) is 4.57 Å². The maximum atomic E-state index is 13.1. The number of aromatic nitrogens is 3. The fraction of sp³-hybridized carbons (Fsp3) is 0.391. The van der Waals surface area contributed by atoms with Gasteiger partial charge >= 0.3 is 5.69 Å². The molecule has 0 saturated heterocycles. The van der Waals surface area contributed by atoms with Crippen molar-refractivity contribution in [1.82, 2.24) is 19.9 Å². The standard InChI is InChI=1S/C23H28N4O4/c1-13(2)12-27-20-19(22(29)26-23(27)30)17(10-18(25-20)14(3)4)21(28)24-11-15-7-6-8-16(9-15)31-5/h6-10,13-14H,11-12H2,1-5H3,(H,24,28)(H,26,29,30). The molecule has 0 atom stereocenters. The van der Waals surface area contributed by atoms with Gasteiger partial charge in [0.1, 0.15) is 5.75 Å². The van der Waals surface area contributed by atoms with E-state index in [1.54, 1.807) is 13.2 Å². The molecule has 1 aromatic carbocycles. The van der Waals surface area contributed by atoms with E-state index in [-0.39, 0.29) is 35.0 Å². The van der Waals surface area contributed by atoms with Gasteiger partial charge < -0.3 is 10.1 Å². The van der Waals surface area contributed by atoms with Gasteiger partial charge in [0, 0.05) is 18.8 Å². The van der Waals surface area contributed by atoms with Crippen molar-refractivity contribution < 1.29 is 9.53 Å². The summed E-state index contributed by atoms with van der Waals surface area (Å²) < 4.78 is 6.66. The lowest BCUT2D eigenvalue weighted by molar-refractivity contribution is 0.0952. The number of hydrogen-bond donors (Lipinski definition) is 2. The first-order chi connectivity index (χ1) is 14.7. The van der Waals surface area contributed by atoms with E-state index in [0.717, 1.165) is 5.56 Å². The van der Waals surface area contributed by atoms with Crippen molar-refractivity contribution in [3.8, 4) is 5.75 Å². The summed E-state index contributed by atoms with van der Waals surface area (Å²) in [6.45, 7) is 8.48. The maximum Gasteiger partial charge on any atom is 0.330 e. The number of rotatable bonds is 7. The van der Waals surface area contributed by atoms with Crippen molar-refractivity contribution >= 4 is 16.9 Å². The predicted octanol–water partition coefficient (Wildman–Crippen LogP) is 2.80. The highest BCUT2D eigenvalue weighted by atomic mass is 16.5. The zero-order valence-electron chi connectivity index (χ0n) is 18.5. The molecular formula is C23H28N4O4. The summed E-state index contributed by atoms with van der Waals surface area (Å²) in [5, 5.41) is 2.98. The highest BCUT2D eigenvalue weighted by Crippen LogP contribution is 2.20. The van der Waals surface area contributed by atoms with Crippen molar-refractivity contribution in [3.63, 3.8) is 0 Å². The van der Waals surface area contributed by atoms with E-state index in [4.69, 9.17) is 4.74 Å². The molecule has 31 heavy (non-hydrogen) atoms. The summed E-state index contributed by atoms with van der Waals surface area (Å²) >= 11 is 0. The number of H-pyrrole nitrogens is 1. The van der Waals surface area contributed by atoms with Gasteiger partial charge in [-0.15, -0.1) is 0 Å². The van der Waals surface area contributed by atoms with Gasteiger partial charge in [0.25, 0.3) is 11.5 Å². The molecule has 2 heterocycles. The Hall–Kier alpha value is -3.42. The molecular weight excluding hydrogens is 396 g/mol. The first-order valence-electron chi connectivity index (χ1n) is 10.3. The quantitative estimate of drug-likeness (QED) is 0.607. The number of aromatic amines is 1. The summed E-state index contributed by atoms with van der Waals surface area (Å²) in [4.78, 5) is 45.2. The third-order valence-electron chi connectivity index (χ3n) is 4.94. The van der Waals surface area contributed by atoms with Crippen LogP contribution in [0.4, 0.5) is 0 Å². The molecule has 2 N–H and O–H groups in total. The number of ether oxygens (including phenoxy) is 1. The molecule has 0 spiro atoms. The molecule has 0 bridgehead atoms. The van der Waals surface area contributed by atoms with E-state index in [2.05, 4.69) is 15.3 Å². The Balaban J connectivity index is 2.10. The van der Waals surface area contributed by atoms with Crippen molar-refractivity contribution in [2.45, 2.75) is 46.7 Å². The topological polar surface area (TPSA) is 106 Å². The van der Waals surface area contributed by atoms with Crippen LogP contribution in [0.5, 0.6) is 5.75 Å². The molecule has 0 aliphatic carbocycles. The van der Waals surface area contributed by atoms with E-state index in [1.807, 2.05) is 52.0 Å². The third-order valence-corrected chi connectivity index (χ3v) is 4.94. The molecule has 0 saturated carbocycles. The number of nitrogens with one attached hydrogen (secondary N) is 2. The lowest BCUT2D eigenvalue weighted by atomic mass is 10.0. The number of fused-ring (bicyclic) bond motifs is 1. The highest BCUT2D eigenvalue weighted by molar-refractivity contribution is 6.05. The Labute approximate surface area is 180 Å². The van der Waals surface area contributed by atoms with Gasteiger partial charge in [-0.25, -0.2) is 9.78 Å². The van der Waals surface area contributed by atoms with E-state index < -0.39 is 17.2 Å². The van der Waals surface area contributed by atoms with Gasteiger partial charge in [-0.3, -0.25) is 19.1 Å². The Morgan fingerprint density at radius 1 is 1.19 bits per heavy atom. The minimum atomic E-state index is -0.616. The third kappa shape index (κ3) is 4.84. The fourth-order valence-electron chi connectivity index (χ4n) is 3.36. The second-order valence-corrected chi connectivity index (χ2v) is 8.25. The second kappa shape index (κ2) is 9.16. The van der Waals surface area contributed by atoms with Gasteiger partial charge in [0.05, 0.1) is 18.1 Å². The molecule has 164 valence electrons. The Morgan fingerprint density at radius 3 is 2.58 bits per heavy atom. The zero-order valence-corrected chi connectivity index (χ0v) is 18.5. The van der Waals surface area contributed by atoms with Crippen LogP contribution in [0, 0.1) is 5.92 Å². The van der Waals surface area contributed by atoms with Crippen molar-refractivity contribution in [1.29, 1.82) is 0 Å². The first-order valence-corrected chi connectivity index (χ1v) is 10.3. The number of hydrogen-bond acceptors (Lipinski definition) is 5. The zero-order chi connectivity index (χ0) is 22.7. The maximum absolute atomic E-state index is 13.1. The molecule has 2 aromatic heterocycles. The molecule has 0 aliphatic heterocycles. The average molecular weight is 425 g/mol. The van der Waals surface area contributed by atoms with Crippen LogP contribution in [0.3, 0.4) is 0 Å².